The highest BCUT2D eigenvalue weighted by atomic mass is 35.5. The molecule has 102 valence electrons. The summed E-state index contributed by atoms with van der Waals surface area (Å²) in [6, 6.07) is 7.20. The van der Waals surface area contributed by atoms with E-state index in [0.717, 1.165) is 11.3 Å². The molecule has 0 fully saturated rings. The first kappa shape index (κ1) is 15.3. The smallest absolute Gasteiger partial charge is 0.154 e. The van der Waals surface area contributed by atoms with Crippen LogP contribution in [0.5, 0.6) is 5.75 Å². The van der Waals surface area contributed by atoms with Crippen molar-refractivity contribution < 1.29 is 13.2 Å². The Morgan fingerprint density at radius 1 is 1.28 bits per heavy atom. The van der Waals surface area contributed by atoms with Gasteiger partial charge in [-0.05, 0) is 38.5 Å². The first-order chi connectivity index (χ1) is 8.20. The van der Waals surface area contributed by atoms with Crippen molar-refractivity contribution in [3.8, 4) is 5.75 Å². The summed E-state index contributed by atoms with van der Waals surface area (Å²) in [6.45, 7) is 5.77. The van der Waals surface area contributed by atoms with Crippen molar-refractivity contribution in [1.82, 2.24) is 0 Å². The second kappa shape index (κ2) is 5.49. The summed E-state index contributed by atoms with van der Waals surface area (Å²) in [7, 11) is -3.23. The fourth-order valence-electron chi connectivity index (χ4n) is 1.49. The summed E-state index contributed by atoms with van der Waals surface area (Å²) < 4.78 is 27.8. The fraction of sp³-hybridized carbons (Fsp3) is 0.538. The van der Waals surface area contributed by atoms with Crippen LogP contribution in [0.25, 0.3) is 0 Å². The largest absolute Gasteiger partial charge is 0.494 e. The molecule has 0 aliphatic carbocycles. The molecule has 1 aromatic carbocycles. The van der Waals surface area contributed by atoms with Gasteiger partial charge in [0.25, 0.3) is 0 Å². The molecular formula is C13H19ClO3S. The lowest BCUT2D eigenvalue weighted by atomic mass is 10.0. The molecule has 0 aliphatic heterocycles. The topological polar surface area (TPSA) is 43.4 Å². The third-order valence-corrected chi connectivity index (χ3v) is 6.12. The van der Waals surface area contributed by atoms with E-state index in [9.17, 15) is 8.42 Å². The van der Waals surface area contributed by atoms with Crippen LogP contribution in [0.4, 0.5) is 0 Å². The average molecular weight is 291 g/mol. The lowest BCUT2D eigenvalue weighted by Gasteiger charge is -2.28. The van der Waals surface area contributed by atoms with Gasteiger partial charge in [-0.1, -0.05) is 12.1 Å². The zero-order chi connectivity index (χ0) is 14.0. The molecule has 1 aromatic rings. The van der Waals surface area contributed by atoms with E-state index >= 15 is 0 Å². The molecule has 0 aliphatic rings. The first-order valence-corrected chi connectivity index (χ1v) is 8.09. The molecule has 0 bridgehead atoms. The summed E-state index contributed by atoms with van der Waals surface area (Å²) >= 11 is 6.29. The molecule has 18 heavy (non-hydrogen) atoms. The van der Waals surface area contributed by atoms with Gasteiger partial charge in [-0.25, -0.2) is 8.42 Å². The monoisotopic (exact) mass is 290 g/mol. The van der Waals surface area contributed by atoms with Crippen molar-refractivity contribution in [3.05, 3.63) is 29.8 Å². The molecule has 0 saturated carbocycles. The van der Waals surface area contributed by atoms with Gasteiger partial charge in [0.05, 0.1) is 16.7 Å². The number of rotatable bonds is 5. The second-order valence-corrected chi connectivity index (χ2v) is 7.77. The van der Waals surface area contributed by atoms with Gasteiger partial charge in [-0.15, -0.1) is 11.6 Å². The number of sulfone groups is 1. The van der Waals surface area contributed by atoms with Crippen LogP contribution in [0.3, 0.4) is 0 Å². The maximum atomic E-state index is 11.7. The van der Waals surface area contributed by atoms with E-state index in [1.165, 1.54) is 6.26 Å². The first-order valence-electron chi connectivity index (χ1n) is 5.76. The summed E-state index contributed by atoms with van der Waals surface area (Å²) in [5, 5.41) is -0.594. The Balaban J connectivity index is 3.01. The standard InChI is InChI=1S/C13H19ClO3S/c1-5-17-11-8-6-10(7-9-11)12(14)13(2,3)18(4,15)16/h6-9,12H,5H2,1-4H3. The Hall–Kier alpha value is -0.740. The molecule has 0 aromatic heterocycles. The van der Waals surface area contributed by atoms with Crippen molar-refractivity contribution >= 4 is 21.4 Å². The van der Waals surface area contributed by atoms with Crippen LogP contribution < -0.4 is 4.74 Å². The maximum Gasteiger partial charge on any atom is 0.154 e. The van der Waals surface area contributed by atoms with E-state index in [1.54, 1.807) is 38.1 Å². The van der Waals surface area contributed by atoms with Crippen molar-refractivity contribution in [2.75, 3.05) is 12.9 Å². The van der Waals surface area contributed by atoms with Crippen LogP contribution in [0.15, 0.2) is 24.3 Å². The molecule has 0 radical (unpaired) electrons. The van der Waals surface area contributed by atoms with Crippen molar-refractivity contribution in [1.29, 1.82) is 0 Å². The highest BCUT2D eigenvalue weighted by Gasteiger charge is 2.38. The van der Waals surface area contributed by atoms with Crippen molar-refractivity contribution in [2.45, 2.75) is 30.9 Å². The SMILES string of the molecule is CCOc1ccc(C(Cl)C(C)(C)S(C)(=O)=O)cc1. The summed E-state index contributed by atoms with van der Waals surface area (Å²) in [5.41, 5.74) is 0.774. The Labute approximate surface area is 114 Å². The van der Waals surface area contributed by atoms with Gasteiger partial charge in [0.1, 0.15) is 5.75 Å². The van der Waals surface area contributed by atoms with E-state index < -0.39 is 20.0 Å². The molecule has 1 unspecified atom stereocenters. The molecule has 0 N–H and O–H groups in total. The molecule has 1 atom stereocenters. The third kappa shape index (κ3) is 3.18. The maximum absolute atomic E-state index is 11.7. The Bertz CT molecular complexity index is 491. The van der Waals surface area contributed by atoms with Gasteiger partial charge in [0, 0.05) is 6.26 Å². The minimum Gasteiger partial charge on any atom is -0.494 e. The minimum atomic E-state index is -3.23. The van der Waals surface area contributed by atoms with Gasteiger partial charge < -0.3 is 4.74 Å². The molecule has 0 amide bonds. The minimum absolute atomic E-state index is 0.594. The number of alkyl halides is 1. The number of halogens is 1. The quantitative estimate of drug-likeness (QED) is 0.782. The van der Waals surface area contributed by atoms with E-state index in [0.29, 0.717) is 6.61 Å². The van der Waals surface area contributed by atoms with Crippen LogP contribution in [0.2, 0.25) is 0 Å². The second-order valence-electron chi connectivity index (χ2n) is 4.74. The summed E-state index contributed by atoms with van der Waals surface area (Å²) in [6.07, 6.45) is 1.21. The van der Waals surface area contributed by atoms with Gasteiger partial charge in [0.2, 0.25) is 0 Å². The average Bonchev–Trinajstić information content (AvgIpc) is 2.28. The van der Waals surface area contributed by atoms with Crippen LogP contribution in [0, 0.1) is 0 Å². The molecule has 3 nitrogen and oxygen atoms in total. The van der Waals surface area contributed by atoms with Crippen molar-refractivity contribution in [3.63, 3.8) is 0 Å². The number of benzene rings is 1. The van der Waals surface area contributed by atoms with Crippen LogP contribution in [-0.2, 0) is 9.84 Å². The Morgan fingerprint density at radius 3 is 2.17 bits per heavy atom. The number of hydrogen-bond acceptors (Lipinski definition) is 3. The molecule has 0 saturated heterocycles. The zero-order valence-electron chi connectivity index (χ0n) is 11.1. The highest BCUT2D eigenvalue weighted by molar-refractivity contribution is 7.92. The van der Waals surface area contributed by atoms with Gasteiger partial charge in [-0.2, -0.15) is 0 Å². The lowest BCUT2D eigenvalue weighted by molar-refractivity contribution is 0.340. The van der Waals surface area contributed by atoms with Gasteiger partial charge >= 0.3 is 0 Å². The van der Waals surface area contributed by atoms with Gasteiger partial charge in [0.15, 0.2) is 9.84 Å². The third-order valence-electron chi connectivity index (χ3n) is 3.05. The van der Waals surface area contributed by atoms with E-state index in [1.807, 2.05) is 6.92 Å². The summed E-state index contributed by atoms with van der Waals surface area (Å²) in [5.74, 6) is 0.752. The molecule has 0 heterocycles. The van der Waals surface area contributed by atoms with Crippen LogP contribution in [-0.4, -0.2) is 26.0 Å². The lowest BCUT2D eigenvalue weighted by Crippen LogP contribution is -2.35. The van der Waals surface area contributed by atoms with E-state index in [-0.39, 0.29) is 0 Å². The predicted molar refractivity (Wildman–Crippen MR) is 75.1 cm³/mol. The Morgan fingerprint density at radius 2 is 1.78 bits per heavy atom. The predicted octanol–water partition coefficient (Wildman–Crippen LogP) is 3.19. The zero-order valence-corrected chi connectivity index (χ0v) is 12.7. The van der Waals surface area contributed by atoms with Crippen LogP contribution in [0.1, 0.15) is 31.7 Å². The van der Waals surface area contributed by atoms with E-state index in [4.69, 9.17) is 16.3 Å². The number of hydrogen-bond donors (Lipinski definition) is 0. The highest BCUT2D eigenvalue weighted by Crippen LogP contribution is 2.37. The van der Waals surface area contributed by atoms with E-state index in [2.05, 4.69) is 0 Å². The molecule has 5 heteroatoms. The normalized spacial score (nSPS) is 14.3. The number of ether oxygens (including phenoxy) is 1. The van der Waals surface area contributed by atoms with Crippen LogP contribution >= 0.6 is 11.6 Å². The summed E-state index contributed by atoms with van der Waals surface area (Å²) in [4.78, 5) is 0. The van der Waals surface area contributed by atoms with Gasteiger partial charge in [-0.3, -0.25) is 0 Å². The molecule has 0 spiro atoms. The fourth-order valence-corrected chi connectivity index (χ4v) is 2.63. The molecule has 1 rings (SSSR count). The Kier molecular flexibility index (Phi) is 4.67. The van der Waals surface area contributed by atoms with Crippen molar-refractivity contribution in [2.24, 2.45) is 0 Å². The molecular weight excluding hydrogens is 272 g/mol.